The Balaban J connectivity index is 1.53. The van der Waals surface area contributed by atoms with Gasteiger partial charge in [-0.3, -0.25) is 14.6 Å². The van der Waals surface area contributed by atoms with Crippen LogP contribution in [0.15, 0.2) is 45.7 Å². The van der Waals surface area contributed by atoms with E-state index in [-0.39, 0.29) is 23.2 Å². The summed E-state index contributed by atoms with van der Waals surface area (Å²) in [7, 11) is 0. The van der Waals surface area contributed by atoms with Crippen molar-refractivity contribution in [3.05, 3.63) is 64.0 Å². The number of halogens is 1. The van der Waals surface area contributed by atoms with E-state index in [1.54, 1.807) is 42.2 Å². The van der Waals surface area contributed by atoms with Gasteiger partial charge in [0.2, 0.25) is 11.8 Å². The minimum atomic E-state index is -0.912. The molecule has 3 heterocycles. The first kappa shape index (κ1) is 17.9. The van der Waals surface area contributed by atoms with Gasteiger partial charge in [-0.2, -0.15) is 4.39 Å². The molecular weight excluding hydrogens is 365 g/mol. The third kappa shape index (κ3) is 3.38. The van der Waals surface area contributed by atoms with Crippen LogP contribution >= 0.6 is 0 Å². The Morgan fingerprint density at radius 1 is 1.18 bits per heavy atom. The van der Waals surface area contributed by atoms with Crippen molar-refractivity contribution in [2.75, 3.05) is 31.1 Å². The number of rotatable bonds is 3. The summed E-state index contributed by atoms with van der Waals surface area (Å²) in [5.41, 5.74) is -0.00967. The van der Waals surface area contributed by atoms with Gasteiger partial charge in [-0.1, -0.05) is 35.5 Å². The molecule has 4 rings (SSSR count). The van der Waals surface area contributed by atoms with Crippen molar-refractivity contribution in [1.82, 2.24) is 20.0 Å². The maximum Gasteiger partial charge on any atom is 0.289 e. The Hall–Kier alpha value is -3.49. The van der Waals surface area contributed by atoms with Crippen molar-refractivity contribution in [2.45, 2.75) is 6.92 Å². The second kappa shape index (κ2) is 7.26. The summed E-state index contributed by atoms with van der Waals surface area (Å²) in [6.45, 7) is 3.47. The summed E-state index contributed by atoms with van der Waals surface area (Å²) in [5, 5.41) is 3.75. The highest BCUT2D eigenvalue weighted by Gasteiger charge is 2.26. The highest BCUT2D eigenvalue weighted by molar-refractivity contribution is 5.92. The van der Waals surface area contributed by atoms with Crippen LogP contribution in [0.3, 0.4) is 0 Å². The molecule has 3 aromatic rings. The van der Waals surface area contributed by atoms with Gasteiger partial charge < -0.3 is 14.3 Å². The lowest BCUT2D eigenvalue weighted by Gasteiger charge is -2.34. The van der Waals surface area contributed by atoms with Gasteiger partial charge in [0.1, 0.15) is 11.5 Å². The van der Waals surface area contributed by atoms with Crippen LogP contribution in [0.2, 0.25) is 0 Å². The lowest BCUT2D eigenvalue weighted by Crippen LogP contribution is -2.49. The normalized spacial score (nSPS) is 14.4. The van der Waals surface area contributed by atoms with Gasteiger partial charge >= 0.3 is 0 Å². The van der Waals surface area contributed by atoms with Crippen molar-refractivity contribution in [3.63, 3.8) is 0 Å². The molecule has 0 saturated carbocycles. The number of anilines is 1. The van der Waals surface area contributed by atoms with Gasteiger partial charge in [-0.15, -0.1) is 0 Å². The molecular formula is C19H18FN5O3. The molecule has 2 aromatic heterocycles. The molecule has 28 heavy (non-hydrogen) atoms. The van der Waals surface area contributed by atoms with Crippen molar-refractivity contribution >= 4 is 11.9 Å². The minimum Gasteiger partial charge on any atom is -0.361 e. The van der Waals surface area contributed by atoms with Crippen molar-refractivity contribution in [1.29, 1.82) is 0 Å². The van der Waals surface area contributed by atoms with E-state index < -0.39 is 11.4 Å². The number of nitrogens with zero attached hydrogens (tertiary/aromatic N) is 4. The number of aromatic nitrogens is 3. The number of hydrogen-bond donors (Lipinski definition) is 1. The fourth-order valence-electron chi connectivity index (χ4n) is 3.13. The molecule has 1 aliphatic heterocycles. The molecule has 1 saturated heterocycles. The standard InChI is InChI=1S/C19H18FN5O3/c1-12-11-14(23-28-12)18(27)24-7-9-25(10-8-24)19-21-16(15(20)17(26)22-19)13-5-3-2-4-6-13/h2-6,11H,7-10H2,1H3,(H,21,22,26). The summed E-state index contributed by atoms with van der Waals surface area (Å²) >= 11 is 0. The third-order valence-electron chi connectivity index (χ3n) is 4.61. The first-order chi connectivity index (χ1) is 13.5. The van der Waals surface area contributed by atoms with E-state index in [0.29, 0.717) is 37.5 Å². The van der Waals surface area contributed by atoms with Crippen molar-refractivity contribution < 1.29 is 13.7 Å². The largest absolute Gasteiger partial charge is 0.361 e. The monoisotopic (exact) mass is 383 g/mol. The molecule has 1 amide bonds. The van der Waals surface area contributed by atoms with E-state index in [1.165, 1.54) is 0 Å². The quantitative estimate of drug-likeness (QED) is 0.742. The van der Waals surface area contributed by atoms with E-state index in [4.69, 9.17) is 4.52 Å². The van der Waals surface area contributed by atoms with Gasteiger partial charge in [0, 0.05) is 37.8 Å². The molecule has 0 atom stereocenters. The van der Waals surface area contributed by atoms with E-state index in [0.717, 1.165) is 0 Å². The molecule has 0 aliphatic carbocycles. The predicted octanol–water partition coefficient (Wildman–Crippen LogP) is 1.83. The molecule has 0 radical (unpaired) electrons. The van der Waals surface area contributed by atoms with Crippen LogP contribution in [-0.2, 0) is 0 Å². The summed E-state index contributed by atoms with van der Waals surface area (Å²) in [5.74, 6) is -0.259. The summed E-state index contributed by atoms with van der Waals surface area (Å²) < 4.78 is 19.3. The fourth-order valence-corrected chi connectivity index (χ4v) is 3.13. The average molecular weight is 383 g/mol. The fraction of sp³-hybridized carbons (Fsp3) is 0.263. The molecule has 0 bridgehead atoms. The number of carbonyl (C=O) groups excluding carboxylic acids is 1. The molecule has 9 heteroatoms. The van der Waals surface area contributed by atoms with Gasteiger partial charge in [-0.05, 0) is 6.92 Å². The van der Waals surface area contributed by atoms with Gasteiger partial charge in [0.05, 0.1) is 0 Å². The lowest BCUT2D eigenvalue weighted by atomic mass is 10.1. The van der Waals surface area contributed by atoms with Crippen LogP contribution in [0, 0.1) is 12.7 Å². The number of benzene rings is 1. The topological polar surface area (TPSA) is 95.3 Å². The van der Waals surface area contributed by atoms with E-state index in [1.807, 2.05) is 11.0 Å². The smallest absolute Gasteiger partial charge is 0.289 e. The second-order valence-corrected chi connectivity index (χ2v) is 6.52. The maximum atomic E-state index is 14.3. The van der Waals surface area contributed by atoms with Crippen LogP contribution in [0.25, 0.3) is 11.3 Å². The maximum absolute atomic E-state index is 14.3. The summed E-state index contributed by atoms with van der Waals surface area (Å²) in [6, 6.07) is 10.3. The second-order valence-electron chi connectivity index (χ2n) is 6.52. The Kier molecular flexibility index (Phi) is 4.64. The van der Waals surface area contributed by atoms with Gasteiger partial charge in [0.25, 0.3) is 11.5 Å². The summed E-state index contributed by atoms with van der Waals surface area (Å²) in [6.07, 6.45) is 0. The third-order valence-corrected chi connectivity index (χ3v) is 4.61. The number of piperazine rings is 1. The Bertz CT molecular complexity index is 1050. The number of H-pyrrole nitrogens is 1. The van der Waals surface area contributed by atoms with Crippen molar-refractivity contribution in [3.8, 4) is 11.3 Å². The van der Waals surface area contributed by atoms with E-state index in [2.05, 4.69) is 15.1 Å². The molecule has 1 aromatic carbocycles. The number of nitrogens with one attached hydrogen (secondary N) is 1. The SMILES string of the molecule is Cc1cc(C(=O)N2CCN(c3nc(-c4ccccc4)c(F)c(=O)[nH]3)CC2)no1. The Morgan fingerprint density at radius 2 is 1.89 bits per heavy atom. The minimum absolute atomic E-state index is 0.0101. The Labute approximate surface area is 159 Å². The highest BCUT2D eigenvalue weighted by atomic mass is 19.1. The van der Waals surface area contributed by atoms with Gasteiger partial charge in [0.15, 0.2) is 5.69 Å². The van der Waals surface area contributed by atoms with E-state index in [9.17, 15) is 14.0 Å². The number of hydrogen-bond acceptors (Lipinski definition) is 6. The predicted molar refractivity (Wildman–Crippen MR) is 99.6 cm³/mol. The summed E-state index contributed by atoms with van der Waals surface area (Å²) in [4.78, 5) is 34.8. The number of carbonyl (C=O) groups is 1. The molecule has 0 spiro atoms. The molecule has 1 aliphatic rings. The average Bonchev–Trinajstić information content (AvgIpc) is 3.16. The zero-order chi connectivity index (χ0) is 19.7. The van der Waals surface area contributed by atoms with Crippen LogP contribution in [0.5, 0.6) is 0 Å². The lowest BCUT2D eigenvalue weighted by molar-refractivity contribution is 0.0735. The highest BCUT2D eigenvalue weighted by Crippen LogP contribution is 2.21. The molecule has 1 fully saturated rings. The number of aryl methyl sites for hydroxylation is 1. The van der Waals surface area contributed by atoms with Crippen LogP contribution in [0.4, 0.5) is 10.3 Å². The first-order valence-corrected chi connectivity index (χ1v) is 8.85. The molecule has 8 nitrogen and oxygen atoms in total. The number of aromatic amines is 1. The zero-order valence-electron chi connectivity index (χ0n) is 15.2. The molecule has 0 unspecified atom stereocenters. The van der Waals surface area contributed by atoms with Crippen LogP contribution in [-0.4, -0.2) is 52.1 Å². The first-order valence-electron chi connectivity index (χ1n) is 8.85. The molecule has 144 valence electrons. The van der Waals surface area contributed by atoms with Crippen LogP contribution < -0.4 is 10.5 Å². The van der Waals surface area contributed by atoms with Gasteiger partial charge in [-0.25, -0.2) is 4.98 Å². The molecule has 1 N–H and O–H groups in total. The zero-order valence-corrected chi connectivity index (χ0v) is 15.2. The van der Waals surface area contributed by atoms with Crippen LogP contribution in [0.1, 0.15) is 16.2 Å². The van der Waals surface area contributed by atoms with Crippen molar-refractivity contribution in [2.24, 2.45) is 0 Å². The number of amides is 1. The Morgan fingerprint density at radius 3 is 2.54 bits per heavy atom. The van der Waals surface area contributed by atoms with E-state index >= 15 is 0 Å².